The van der Waals surface area contributed by atoms with E-state index in [9.17, 15) is 13.2 Å². The van der Waals surface area contributed by atoms with E-state index in [0.717, 1.165) is 0 Å². The molecule has 0 aliphatic heterocycles. The van der Waals surface area contributed by atoms with Gasteiger partial charge in [0.05, 0.1) is 5.57 Å². The molecular weight excluding hydrogens is 266 g/mol. The molecule has 1 unspecified atom stereocenters. The second-order valence-electron chi connectivity index (χ2n) is 4.40. The van der Waals surface area contributed by atoms with E-state index in [1.165, 1.54) is 6.08 Å². The van der Waals surface area contributed by atoms with Gasteiger partial charge in [-0.25, -0.2) is 13.2 Å². The quantitative estimate of drug-likeness (QED) is 0.884. The third-order valence-electron chi connectivity index (χ3n) is 3.04. The Morgan fingerprint density at radius 3 is 2.58 bits per heavy atom. The monoisotopic (exact) mass is 281 g/mol. The SMILES string of the molecule is O=C(O)C1=CCCCC1S(=O)(=O)Nc1ccccc1. The minimum atomic E-state index is -3.73. The van der Waals surface area contributed by atoms with Crippen LogP contribution in [0.3, 0.4) is 0 Å². The van der Waals surface area contributed by atoms with Crippen LogP contribution in [-0.4, -0.2) is 24.7 Å². The van der Waals surface area contributed by atoms with Crippen LogP contribution < -0.4 is 4.72 Å². The van der Waals surface area contributed by atoms with Crippen LogP contribution in [-0.2, 0) is 14.8 Å². The van der Waals surface area contributed by atoms with E-state index in [0.29, 0.717) is 24.9 Å². The molecule has 102 valence electrons. The van der Waals surface area contributed by atoms with E-state index < -0.39 is 21.2 Å². The molecule has 1 atom stereocenters. The number of carboxylic acid groups (broad SMARTS) is 1. The number of hydrogen-bond donors (Lipinski definition) is 2. The number of nitrogens with one attached hydrogen (secondary N) is 1. The minimum absolute atomic E-state index is 0.0327. The Morgan fingerprint density at radius 2 is 1.95 bits per heavy atom. The van der Waals surface area contributed by atoms with Gasteiger partial charge in [0.25, 0.3) is 0 Å². The maximum Gasteiger partial charge on any atom is 0.332 e. The molecule has 0 amide bonds. The van der Waals surface area contributed by atoms with Crippen LogP contribution in [0.2, 0.25) is 0 Å². The molecule has 0 heterocycles. The molecule has 1 aliphatic rings. The summed E-state index contributed by atoms with van der Waals surface area (Å²) in [6.45, 7) is 0. The number of para-hydroxylation sites is 1. The first-order chi connectivity index (χ1) is 9.00. The number of benzene rings is 1. The fourth-order valence-electron chi connectivity index (χ4n) is 2.14. The lowest BCUT2D eigenvalue weighted by Gasteiger charge is -2.22. The third kappa shape index (κ3) is 3.14. The van der Waals surface area contributed by atoms with Crippen molar-refractivity contribution in [2.75, 3.05) is 4.72 Å². The van der Waals surface area contributed by atoms with Crippen molar-refractivity contribution in [2.45, 2.75) is 24.5 Å². The number of sulfonamides is 1. The topological polar surface area (TPSA) is 83.5 Å². The summed E-state index contributed by atoms with van der Waals surface area (Å²) in [6, 6.07) is 8.47. The summed E-state index contributed by atoms with van der Waals surface area (Å²) in [5.41, 5.74) is 0.410. The van der Waals surface area contributed by atoms with Gasteiger partial charge in [0.1, 0.15) is 5.25 Å². The number of aliphatic carboxylic acids is 1. The molecular formula is C13H15NO4S. The molecule has 1 aromatic carbocycles. The van der Waals surface area contributed by atoms with Crippen LogP contribution >= 0.6 is 0 Å². The van der Waals surface area contributed by atoms with Gasteiger partial charge < -0.3 is 5.11 Å². The molecule has 0 saturated carbocycles. The lowest BCUT2D eigenvalue weighted by atomic mass is 9.99. The zero-order valence-corrected chi connectivity index (χ0v) is 11.1. The van der Waals surface area contributed by atoms with Crippen molar-refractivity contribution in [3.8, 4) is 0 Å². The number of carboxylic acids is 1. The molecule has 6 heteroatoms. The minimum Gasteiger partial charge on any atom is -0.478 e. The van der Waals surface area contributed by atoms with Crippen molar-refractivity contribution in [1.82, 2.24) is 0 Å². The Morgan fingerprint density at radius 1 is 1.26 bits per heavy atom. The van der Waals surface area contributed by atoms with Gasteiger partial charge in [-0.1, -0.05) is 24.3 Å². The average molecular weight is 281 g/mol. The smallest absolute Gasteiger partial charge is 0.332 e. The zero-order valence-electron chi connectivity index (χ0n) is 10.2. The normalized spacial score (nSPS) is 19.6. The van der Waals surface area contributed by atoms with E-state index in [1.54, 1.807) is 30.3 Å². The van der Waals surface area contributed by atoms with Gasteiger partial charge in [-0.15, -0.1) is 0 Å². The van der Waals surface area contributed by atoms with Gasteiger partial charge in [0, 0.05) is 5.69 Å². The van der Waals surface area contributed by atoms with Crippen molar-refractivity contribution >= 4 is 21.7 Å². The predicted molar refractivity (Wildman–Crippen MR) is 72.3 cm³/mol. The van der Waals surface area contributed by atoms with Crippen molar-refractivity contribution < 1.29 is 18.3 Å². The highest BCUT2D eigenvalue weighted by Crippen LogP contribution is 2.26. The van der Waals surface area contributed by atoms with Crippen LogP contribution in [0.5, 0.6) is 0 Å². The second-order valence-corrected chi connectivity index (χ2v) is 6.26. The highest BCUT2D eigenvalue weighted by atomic mass is 32.2. The molecule has 2 rings (SSSR count). The molecule has 0 radical (unpaired) electrons. The largest absolute Gasteiger partial charge is 0.478 e. The maximum absolute atomic E-state index is 12.3. The first-order valence-corrected chi connectivity index (χ1v) is 7.55. The standard InChI is InChI=1S/C13H15NO4S/c15-13(16)11-8-4-5-9-12(11)19(17,18)14-10-6-2-1-3-7-10/h1-3,6-8,12,14H,4-5,9H2,(H,15,16). The lowest BCUT2D eigenvalue weighted by Crippen LogP contribution is -2.33. The Bertz CT molecular complexity index is 592. The fourth-order valence-corrected chi connectivity index (χ4v) is 3.75. The van der Waals surface area contributed by atoms with Gasteiger partial charge in [-0.3, -0.25) is 4.72 Å². The summed E-state index contributed by atoms with van der Waals surface area (Å²) in [7, 11) is -3.73. The molecule has 19 heavy (non-hydrogen) atoms. The van der Waals surface area contributed by atoms with Crippen LogP contribution in [0, 0.1) is 0 Å². The summed E-state index contributed by atoms with van der Waals surface area (Å²) < 4.78 is 27.0. The van der Waals surface area contributed by atoms with Crippen molar-refractivity contribution in [2.24, 2.45) is 0 Å². The van der Waals surface area contributed by atoms with Crippen molar-refractivity contribution in [1.29, 1.82) is 0 Å². The van der Waals surface area contributed by atoms with Crippen molar-refractivity contribution in [3.05, 3.63) is 42.0 Å². The van der Waals surface area contributed by atoms with Crippen LogP contribution in [0.15, 0.2) is 42.0 Å². The van der Waals surface area contributed by atoms with E-state index in [2.05, 4.69) is 4.72 Å². The van der Waals surface area contributed by atoms with Crippen LogP contribution in [0.4, 0.5) is 5.69 Å². The lowest BCUT2D eigenvalue weighted by molar-refractivity contribution is -0.132. The maximum atomic E-state index is 12.3. The number of anilines is 1. The van der Waals surface area contributed by atoms with Gasteiger partial charge in [0.15, 0.2) is 0 Å². The first-order valence-electron chi connectivity index (χ1n) is 6.01. The molecule has 1 aromatic rings. The van der Waals surface area contributed by atoms with Crippen LogP contribution in [0.25, 0.3) is 0 Å². The van der Waals surface area contributed by atoms with Gasteiger partial charge in [0.2, 0.25) is 10.0 Å². The molecule has 0 fully saturated rings. The van der Waals surface area contributed by atoms with Gasteiger partial charge in [-0.05, 0) is 31.4 Å². The van der Waals surface area contributed by atoms with Crippen molar-refractivity contribution in [3.63, 3.8) is 0 Å². The molecule has 0 bridgehead atoms. The summed E-state index contributed by atoms with van der Waals surface area (Å²) >= 11 is 0. The van der Waals surface area contributed by atoms with E-state index >= 15 is 0 Å². The average Bonchev–Trinajstić information content (AvgIpc) is 2.39. The third-order valence-corrected chi connectivity index (χ3v) is 4.80. The summed E-state index contributed by atoms with van der Waals surface area (Å²) in [6.07, 6.45) is 3.12. The van der Waals surface area contributed by atoms with Crippen LogP contribution in [0.1, 0.15) is 19.3 Å². The molecule has 0 saturated heterocycles. The molecule has 2 N–H and O–H groups in total. The first kappa shape index (κ1) is 13.6. The van der Waals surface area contributed by atoms with Gasteiger partial charge in [-0.2, -0.15) is 0 Å². The summed E-state index contributed by atoms with van der Waals surface area (Å²) in [5.74, 6) is -1.16. The fraction of sp³-hybridized carbons (Fsp3) is 0.308. The number of allylic oxidation sites excluding steroid dienone is 1. The predicted octanol–water partition coefficient (Wildman–Crippen LogP) is 1.99. The summed E-state index contributed by atoms with van der Waals surface area (Å²) in [5, 5.41) is 8.09. The molecule has 0 aromatic heterocycles. The van der Waals surface area contributed by atoms with Gasteiger partial charge >= 0.3 is 5.97 Å². The number of hydrogen-bond acceptors (Lipinski definition) is 3. The van der Waals surface area contributed by atoms with E-state index in [4.69, 9.17) is 5.11 Å². The zero-order chi connectivity index (χ0) is 13.9. The Hall–Kier alpha value is -1.82. The summed E-state index contributed by atoms with van der Waals surface area (Å²) in [4.78, 5) is 11.1. The molecule has 1 aliphatic carbocycles. The Balaban J connectivity index is 2.26. The highest BCUT2D eigenvalue weighted by Gasteiger charge is 2.34. The molecule has 5 nitrogen and oxygen atoms in total. The highest BCUT2D eigenvalue weighted by molar-refractivity contribution is 7.93. The van der Waals surface area contributed by atoms with E-state index in [1.807, 2.05) is 0 Å². The second kappa shape index (κ2) is 5.44. The Kier molecular flexibility index (Phi) is 3.90. The molecule has 0 spiro atoms. The number of carbonyl (C=O) groups is 1. The Labute approximate surface area is 112 Å². The van der Waals surface area contributed by atoms with E-state index in [-0.39, 0.29) is 5.57 Å². The number of rotatable bonds is 4.